The standard InChI is InChI=1S/C17H29N3O/c1-4-8-18-13-14-11-15(5-2)19-17(12-14)21-10-9-20(3)16-6-7-16/h11-12,16,18H,4-10,13H2,1-3H3. The largest absolute Gasteiger partial charge is 0.476 e. The van der Waals surface area contributed by atoms with Gasteiger partial charge in [-0.25, -0.2) is 4.98 Å². The lowest BCUT2D eigenvalue weighted by atomic mass is 10.2. The average molecular weight is 291 g/mol. The van der Waals surface area contributed by atoms with E-state index >= 15 is 0 Å². The van der Waals surface area contributed by atoms with E-state index in [1.54, 1.807) is 0 Å². The molecule has 118 valence electrons. The number of nitrogens with one attached hydrogen (secondary N) is 1. The maximum Gasteiger partial charge on any atom is 0.213 e. The van der Waals surface area contributed by atoms with Crippen molar-refractivity contribution in [2.24, 2.45) is 0 Å². The van der Waals surface area contributed by atoms with Crippen LogP contribution < -0.4 is 10.1 Å². The van der Waals surface area contributed by atoms with Crippen molar-refractivity contribution in [3.63, 3.8) is 0 Å². The highest BCUT2D eigenvalue weighted by Crippen LogP contribution is 2.24. The van der Waals surface area contributed by atoms with E-state index in [1.807, 2.05) is 0 Å². The molecule has 1 saturated carbocycles. The van der Waals surface area contributed by atoms with Crippen molar-refractivity contribution in [1.82, 2.24) is 15.2 Å². The number of aromatic nitrogens is 1. The van der Waals surface area contributed by atoms with Gasteiger partial charge in [-0.1, -0.05) is 13.8 Å². The predicted molar refractivity (Wildman–Crippen MR) is 86.8 cm³/mol. The molecule has 0 unspecified atom stereocenters. The van der Waals surface area contributed by atoms with Gasteiger partial charge >= 0.3 is 0 Å². The molecule has 0 spiro atoms. The molecule has 1 aromatic heterocycles. The molecule has 0 aliphatic heterocycles. The summed E-state index contributed by atoms with van der Waals surface area (Å²) in [6, 6.07) is 5.03. The first-order valence-electron chi connectivity index (χ1n) is 8.26. The second-order valence-corrected chi connectivity index (χ2v) is 5.90. The van der Waals surface area contributed by atoms with Crippen molar-refractivity contribution in [2.45, 2.75) is 52.1 Å². The summed E-state index contributed by atoms with van der Waals surface area (Å²) in [6.07, 6.45) is 4.78. The summed E-state index contributed by atoms with van der Waals surface area (Å²) in [6.45, 7) is 7.95. The fourth-order valence-corrected chi connectivity index (χ4v) is 2.38. The van der Waals surface area contributed by atoms with E-state index in [1.165, 1.54) is 18.4 Å². The highest BCUT2D eigenvalue weighted by atomic mass is 16.5. The van der Waals surface area contributed by atoms with E-state index < -0.39 is 0 Å². The van der Waals surface area contributed by atoms with Crippen LogP contribution >= 0.6 is 0 Å². The summed E-state index contributed by atoms with van der Waals surface area (Å²) in [5, 5.41) is 3.44. The first-order valence-corrected chi connectivity index (χ1v) is 8.26. The third kappa shape index (κ3) is 5.64. The van der Waals surface area contributed by atoms with Crippen molar-refractivity contribution in [1.29, 1.82) is 0 Å². The van der Waals surface area contributed by atoms with Gasteiger partial charge in [0.25, 0.3) is 0 Å². The van der Waals surface area contributed by atoms with Crippen LogP contribution in [0.2, 0.25) is 0 Å². The molecule has 1 heterocycles. The molecule has 1 aromatic rings. The number of likely N-dealkylation sites (N-methyl/N-ethyl adjacent to an activating group) is 1. The first-order chi connectivity index (χ1) is 10.2. The van der Waals surface area contributed by atoms with Gasteiger partial charge in [0.1, 0.15) is 6.61 Å². The molecule has 1 N–H and O–H groups in total. The summed E-state index contributed by atoms with van der Waals surface area (Å²) in [7, 11) is 2.18. The monoisotopic (exact) mass is 291 g/mol. The minimum atomic E-state index is 0.717. The van der Waals surface area contributed by atoms with Gasteiger partial charge < -0.3 is 15.0 Å². The molecule has 1 aliphatic rings. The Bertz CT molecular complexity index is 432. The van der Waals surface area contributed by atoms with Gasteiger partial charge in [-0.05, 0) is 50.9 Å². The Kier molecular flexibility index (Phi) is 6.46. The van der Waals surface area contributed by atoms with Crippen molar-refractivity contribution >= 4 is 0 Å². The van der Waals surface area contributed by atoms with Crippen LogP contribution in [0.4, 0.5) is 0 Å². The van der Waals surface area contributed by atoms with E-state index in [4.69, 9.17) is 4.74 Å². The van der Waals surface area contributed by atoms with Gasteiger partial charge in [0, 0.05) is 30.9 Å². The molecule has 2 rings (SSSR count). The van der Waals surface area contributed by atoms with Crippen LogP contribution in [-0.4, -0.2) is 42.7 Å². The van der Waals surface area contributed by atoms with Crippen LogP contribution in [0.5, 0.6) is 5.88 Å². The third-order valence-corrected chi connectivity index (χ3v) is 3.90. The van der Waals surface area contributed by atoms with Gasteiger partial charge in [0.2, 0.25) is 5.88 Å². The van der Waals surface area contributed by atoms with Gasteiger partial charge in [0.15, 0.2) is 0 Å². The van der Waals surface area contributed by atoms with Crippen LogP contribution in [0.15, 0.2) is 12.1 Å². The Labute approximate surface area is 128 Å². The lowest BCUT2D eigenvalue weighted by Gasteiger charge is -2.16. The molecule has 21 heavy (non-hydrogen) atoms. The molecule has 1 aliphatic carbocycles. The zero-order chi connectivity index (χ0) is 15.1. The third-order valence-electron chi connectivity index (χ3n) is 3.90. The number of hydrogen-bond acceptors (Lipinski definition) is 4. The predicted octanol–water partition coefficient (Wildman–Crippen LogP) is 2.62. The van der Waals surface area contributed by atoms with E-state index in [9.17, 15) is 0 Å². The number of pyridine rings is 1. The molecule has 0 amide bonds. The minimum absolute atomic E-state index is 0.717. The zero-order valence-corrected chi connectivity index (χ0v) is 13.7. The molecular weight excluding hydrogens is 262 g/mol. The maximum absolute atomic E-state index is 5.86. The van der Waals surface area contributed by atoms with E-state index in [0.29, 0.717) is 0 Å². The molecule has 1 fully saturated rings. The SMILES string of the molecule is CCCNCc1cc(CC)nc(OCCN(C)C2CC2)c1. The molecule has 0 saturated heterocycles. The molecular formula is C17H29N3O. The minimum Gasteiger partial charge on any atom is -0.476 e. The lowest BCUT2D eigenvalue weighted by Crippen LogP contribution is -2.26. The summed E-state index contributed by atoms with van der Waals surface area (Å²) < 4.78 is 5.86. The quantitative estimate of drug-likeness (QED) is 0.672. The summed E-state index contributed by atoms with van der Waals surface area (Å²) in [5.74, 6) is 0.770. The Balaban J connectivity index is 1.85. The van der Waals surface area contributed by atoms with Crippen molar-refractivity contribution in [3.05, 3.63) is 23.4 Å². The Morgan fingerprint density at radius 1 is 1.33 bits per heavy atom. The highest BCUT2D eigenvalue weighted by Gasteiger charge is 2.25. The van der Waals surface area contributed by atoms with Gasteiger partial charge in [-0.3, -0.25) is 0 Å². The number of aryl methyl sites for hydroxylation is 1. The molecule has 4 heteroatoms. The van der Waals surface area contributed by atoms with E-state index in [0.717, 1.165) is 56.7 Å². The highest BCUT2D eigenvalue weighted by molar-refractivity contribution is 5.25. The van der Waals surface area contributed by atoms with Crippen molar-refractivity contribution < 1.29 is 4.74 Å². The topological polar surface area (TPSA) is 37.4 Å². The number of rotatable bonds is 10. The first kappa shape index (κ1) is 16.2. The fourth-order valence-electron chi connectivity index (χ4n) is 2.38. The summed E-state index contributed by atoms with van der Waals surface area (Å²) in [4.78, 5) is 6.95. The lowest BCUT2D eigenvalue weighted by molar-refractivity contribution is 0.226. The summed E-state index contributed by atoms with van der Waals surface area (Å²) >= 11 is 0. The van der Waals surface area contributed by atoms with Crippen LogP contribution in [0, 0.1) is 0 Å². The van der Waals surface area contributed by atoms with Crippen LogP contribution in [0.3, 0.4) is 0 Å². The molecule has 0 radical (unpaired) electrons. The Hall–Kier alpha value is -1.13. The second kappa shape index (κ2) is 8.35. The number of hydrogen-bond donors (Lipinski definition) is 1. The molecule has 0 aromatic carbocycles. The average Bonchev–Trinajstić information content (AvgIpc) is 3.32. The van der Waals surface area contributed by atoms with Crippen LogP contribution in [0.1, 0.15) is 44.4 Å². The molecule has 4 nitrogen and oxygen atoms in total. The van der Waals surface area contributed by atoms with E-state index in [-0.39, 0.29) is 0 Å². The zero-order valence-electron chi connectivity index (χ0n) is 13.7. The van der Waals surface area contributed by atoms with E-state index in [2.05, 4.69) is 48.2 Å². The van der Waals surface area contributed by atoms with Crippen molar-refractivity contribution in [2.75, 3.05) is 26.7 Å². The fraction of sp³-hybridized carbons (Fsp3) is 0.706. The van der Waals surface area contributed by atoms with Crippen molar-refractivity contribution in [3.8, 4) is 5.88 Å². The molecule has 0 bridgehead atoms. The number of nitrogens with zero attached hydrogens (tertiary/aromatic N) is 2. The summed E-state index contributed by atoms with van der Waals surface area (Å²) in [5.41, 5.74) is 2.37. The van der Waals surface area contributed by atoms with Crippen LogP contribution in [0.25, 0.3) is 0 Å². The second-order valence-electron chi connectivity index (χ2n) is 5.90. The van der Waals surface area contributed by atoms with Gasteiger partial charge in [-0.2, -0.15) is 0 Å². The molecule has 0 atom stereocenters. The maximum atomic E-state index is 5.86. The van der Waals surface area contributed by atoms with Gasteiger partial charge in [0.05, 0.1) is 0 Å². The Morgan fingerprint density at radius 2 is 2.14 bits per heavy atom. The van der Waals surface area contributed by atoms with Crippen LogP contribution in [-0.2, 0) is 13.0 Å². The number of ether oxygens (including phenoxy) is 1. The van der Waals surface area contributed by atoms with Gasteiger partial charge in [-0.15, -0.1) is 0 Å². The normalized spacial score (nSPS) is 14.7. The Morgan fingerprint density at radius 3 is 2.81 bits per heavy atom. The smallest absolute Gasteiger partial charge is 0.213 e.